The minimum Gasteiger partial charge on any atom is -0.382 e. The van der Waals surface area contributed by atoms with Crippen molar-refractivity contribution in [2.45, 2.75) is 87.5 Å². The van der Waals surface area contributed by atoms with Gasteiger partial charge >= 0.3 is 0 Å². The van der Waals surface area contributed by atoms with E-state index in [2.05, 4.69) is 41.8 Å². The van der Waals surface area contributed by atoms with E-state index in [1.54, 1.807) is 12.0 Å². The molecule has 0 rings (SSSR count). The normalized spacial score (nSPS) is 8.87. The Morgan fingerprint density at radius 1 is 0.652 bits per heavy atom. The van der Waals surface area contributed by atoms with Gasteiger partial charge in [-0.15, -0.1) is 0 Å². The molecule has 0 aromatic carbocycles. The van der Waals surface area contributed by atoms with E-state index in [1.807, 2.05) is 0 Å². The summed E-state index contributed by atoms with van der Waals surface area (Å²) in [6, 6.07) is 0. The van der Waals surface area contributed by atoms with Crippen molar-refractivity contribution in [1.82, 2.24) is 0 Å². The Hall–Kier alpha value is -0.120. The van der Waals surface area contributed by atoms with Crippen molar-refractivity contribution in [2.75, 3.05) is 47.6 Å². The number of unbranched alkanes of at least 4 members (excludes halogenated alkanes) is 4. The maximum absolute atomic E-state index is 5.10. The highest BCUT2D eigenvalue weighted by atomic mass is 16.5. The minimum atomic E-state index is 0. The largest absolute Gasteiger partial charge is 0.382 e. The van der Waals surface area contributed by atoms with E-state index >= 15 is 0 Å². The van der Waals surface area contributed by atoms with Gasteiger partial charge in [-0.3, -0.25) is 0 Å². The molecule has 3 heteroatoms. The van der Waals surface area contributed by atoms with Gasteiger partial charge in [0.1, 0.15) is 0 Å². The fourth-order valence-electron chi connectivity index (χ4n) is 1.42. The Morgan fingerprint density at radius 2 is 1.13 bits per heavy atom. The highest BCUT2D eigenvalue weighted by Crippen LogP contribution is 1.95. The Bertz CT molecular complexity index is 132. The van der Waals surface area contributed by atoms with Crippen LogP contribution in [0.3, 0.4) is 0 Å². The van der Waals surface area contributed by atoms with Crippen molar-refractivity contribution in [3.05, 3.63) is 0 Å². The van der Waals surface area contributed by atoms with Gasteiger partial charge in [-0.1, -0.05) is 74.7 Å². The first-order valence-electron chi connectivity index (χ1n) is 8.96. The van der Waals surface area contributed by atoms with E-state index in [4.69, 9.17) is 9.47 Å². The van der Waals surface area contributed by atoms with Crippen LogP contribution in [0.4, 0.5) is 0 Å². The molecule has 0 bridgehead atoms. The second kappa shape index (κ2) is 37.8. The molecule has 0 fully saturated rings. The van der Waals surface area contributed by atoms with E-state index in [1.165, 1.54) is 45.1 Å². The zero-order valence-corrected chi connectivity index (χ0v) is 16.1. The third-order valence-corrected chi connectivity index (χ3v) is 2.77. The van der Waals surface area contributed by atoms with Gasteiger partial charge in [-0.05, 0) is 12.8 Å². The first-order chi connectivity index (χ1) is 10.1. The molecule has 0 amide bonds. The van der Waals surface area contributed by atoms with E-state index < -0.39 is 0 Å². The van der Waals surface area contributed by atoms with Gasteiger partial charge in [0.2, 0.25) is 0 Å². The van der Waals surface area contributed by atoms with Crippen LogP contribution in [0.5, 0.6) is 0 Å². The molecule has 0 aliphatic heterocycles. The van der Waals surface area contributed by atoms with E-state index in [0.29, 0.717) is 6.61 Å². The number of ether oxygens (including phenoxy) is 2. The fraction of sp³-hybridized carbons (Fsp3) is 1.00. The summed E-state index contributed by atoms with van der Waals surface area (Å²) in [5.41, 5.74) is 0. The highest BCUT2D eigenvalue weighted by molar-refractivity contribution is 4.31. The second-order valence-corrected chi connectivity index (χ2v) is 5.62. The second-order valence-electron chi connectivity index (χ2n) is 5.62. The molecule has 0 aromatic heterocycles. The summed E-state index contributed by atoms with van der Waals surface area (Å²) in [6.45, 7) is 12.4. The van der Waals surface area contributed by atoms with Gasteiger partial charge in [0.15, 0.2) is 0 Å². The van der Waals surface area contributed by atoms with Crippen molar-refractivity contribution < 1.29 is 14.4 Å². The van der Waals surface area contributed by atoms with Crippen LogP contribution in [-0.2, 0) is 9.47 Å². The number of quaternary nitrogens is 1. The molecule has 0 radical (unpaired) electrons. The van der Waals surface area contributed by atoms with Crippen molar-refractivity contribution in [2.24, 2.45) is 0 Å². The van der Waals surface area contributed by atoms with Crippen molar-refractivity contribution >= 4 is 0 Å². The number of methoxy groups -OCH3 is 1. The minimum absolute atomic E-state index is 0. The van der Waals surface area contributed by atoms with Crippen LogP contribution in [0.25, 0.3) is 0 Å². The van der Waals surface area contributed by atoms with Gasteiger partial charge in [0.25, 0.3) is 0 Å². The summed E-state index contributed by atoms with van der Waals surface area (Å²) >= 11 is 0. The van der Waals surface area contributed by atoms with Gasteiger partial charge in [0, 0.05) is 13.7 Å². The average Bonchev–Trinajstić information content (AvgIpc) is 2.49. The molecule has 1 N–H and O–H groups in total. The topological polar surface area (TPSA) is 22.9 Å². The number of hydrogen-bond acceptors (Lipinski definition) is 2. The quantitative estimate of drug-likeness (QED) is 0.544. The molecule has 0 aliphatic carbocycles. The molecule has 148 valence electrons. The number of hydrogen-bond donors (Lipinski definition) is 1. The summed E-state index contributed by atoms with van der Waals surface area (Å²) in [4.78, 5) is 1.56. The molecule has 0 aromatic rings. The molecule has 0 saturated heterocycles. The lowest BCUT2D eigenvalue weighted by molar-refractivity contribution is -0.858. The van der Waals surface area contributed by atoms with Crippen LogP contribution in [-0.4, -0.2) is 47.6 Å². The zero-order chi connectivity index (χ0) is 16.8. The van der Waals surface area contributed by atoms with Crippen molar-refractivity contribution in [3.8, 4) is 0 Å². The SMILES string of the molecule is C.C.CCCCCC.CCCC[NH+](C)C.CCCOCCOC. The van der Waals surface area contributed by atoms with Gasteiger partial charge in [0.05, 0.1) is 33.9 Å². The third kappa shape index (κ3) is 61.3. The molecular formula is C20H52NO2+. The Kier molecular flexibility index (Phi) is 56.4. The van der Waals surface area contributed by atoms with E-state index in [0.717, 1.165) is 19.6 Å². The standard InChI is InChI=1S/C6H15N.C6H14O2.C6H14.2CH4/c1-4-5-6-7(2)3;1-3-4-8-6-5-7-2;1-3-5-6-4-2;;/h4-6H2,1-3H3;3-6H2,1-2H3;3-6H2,1-2H3;2*1H4/p+1. The van der Waals surface area contributed by atoms with Gasteiger partial charge in [-0.25, -0.2) is 0 Å². The molecule has 0 spiro atoms. The molecule has 0 heterocycles. The summed E-state index contributed by atoms with van der Waals surface area (Å²) in [5, 5.41) is 0. The lowest BCUT2D eigenvalue weighted by atomic mass is 10.2. The summed E-state index contributed by atoms with van der Waals surface area (Å²) in [7, 11) is 6.06. The number of rotatable bonds is 11. The first-order valence-corrected chi connectivity index (χ1v) is 8.96. The van der Waals surface area contributed by atoms with Crippen LogP contribution in [0.1, 0.15) is 87.5 Å². The maximum atomic E-state index is 5.10. The molecule has 3 nitrogen and oxygen atoms in total. The maximum Gasteiger partial charge on any atom is 0.0766 e. The summed E-state index contributed by atoms with van der Waals surface area (Å²) < 4.78 is 9.86. The van der Waals surface area contributed by atoms with Crippen LogP contribution in [0.15, 0.2) is 0 Å². The molecular weight excluding hydrogens is 286 g/mol. The lowest BCUT2D eigenvalue weighted by Gasteiger charge is -2.03. The Balaban J connectivity index is -0.0000000681. The number of nitrogens with one attached hydrogen (secondary N) is 1. The first kappa shape index (κ1) is 34.3. The molecule has 0 aliphatic rings. The molecule has 23 heavy (non-hydrogen) atoms. The molecule has 0 saturated carbocycles. The van der Waals surface area contributed by atoms with Crippen LogP contribution < -0.4 is 4.90 Å². The van der Waals surface area contributed by atoms with E-state index in [9.17, 15) is 0 Å². The highest BCUT2D eigenvalue weighted by Gasteiger charge is 1.87. The summed E-state index contributed by atoms with van der Waals surface area (Å²) in [6.07, 6.45) is 9.31. The molecule has 0 unspecified atom stereocenters. The average molecular weight is 339 g/mol. The summed E-state index contributed by atoms with van der Waals surface area (Å²) in [5.74, 6) is 0. The van der Waals surface area contributed by atoms with Crippen molar-refractivity contribution in [3.63, 3.8) is 0 Å². The van der Waals surface area contributed by atoms with Crippen molar-refractivity contribution in [1.29, 1.82) is 0 Å². The Morgan fingerprint density at radius 3 is 1.39 bits per heavy atom. The van der Waals surface area contributed by atoms with Crippen LogP contribution in [0.2, 0.25) is 0 Å². The lowest BCUT2D eigenvalue weighted by Crippen LogP contribution is -3.05. The predicted molar refractivity (Wildman–Crippen MR) is 109 cm³/mol. The Labute approximate surface area is 150 Å². The third-order valence-electron chi connectivity index (χ3n) is 2.77. The van der Waals surface area contributed by atoms with Crippen LogP contribution in [0, 0.1) is 0 Å². The van der Waals surface area contributed by atoms with Crippen LogP contribution >= 0.6 is 0 Å². The van der Waals surface area contributed by atoms with E-state index in [-0.39, 0.29) is 14.9 Å². The monoisotopic (exact) mass is 338 g/mol. The van der Waals surface area contributed by atoms with Gasteiger partial charge in [-0.2, -0.15) is 0 Å². The zero-order valence-electron chi connectivity index (χ0n) is 16.1. The fourth-order valence-corrected chi connectivity index (χ4v) is 1.42. The molecule has 0 atom stereocenters. The predicted octanol–water partition coefficient (Wildman–Crippen LogP) is 4.85. The smallest absolute Gasteiger partial charge is 0.0766 e. The van der Waals surface area contributed by atoms with Gasteiger partial charge < -0.3 is 14.4 Å².